The van der Waals surface area contributed by atoms with Gasteiger partial charge < -0.3 is 57.2 Å². The third-order valence-corrected chi connectivity index (χ3v) is 11.4. The maximum absolute atomic E-state index is 13.4. The number of fused-ring (bicyclic) bond motifs is 2. The molecule has 0 fully saturated rings. The molecule has 2 unspecified atom stereocenters. The molecule has 0 radical (unpaired) electrons. The van der Waals surface area contributed by atoms with Gasteiger partial charge in [-0.25, -0.2) is 42.7 Å². The summed E-state index contributed by atoms with van der Waals surface area (Å²) in [6, 6.07) is 26.3. The molecule has 3 atom stereocenters. The van der Waals surface area contributed by atoms with Crippen molar-refractivity contribution in [1.82, 2.24) is 29.1 Å². The van der Waals surface area contributed by atoms with E-state index in [1.807, 2.05) is 80.7 Å². The van der Waals surface area contributed by atoms with Crippen molar-refractivity contribution in [2.24, 2.45) is 14.1 Å². The van der Waals surface area contributed by atoms with Gasteiger partial charge in [-0.15, -0.1) is 0 Å². The molecule has 0 saturated carbocycles. The summed E-state index contributed by atoms with van der Waals surface area (Å²) in [6.45, 7) is 7.59. The molecule has 9 aromatic rings. The van der Waals surface area contributed by atoms with Crippen LogP contribution in [0.2, 0.25) is 0 Å². The van der Waals surface area contributed by atoms with Crippen LogP contribution in [0.3, 0.4) is 0 Å². The molecule has 75 heavy (non-hydrogen) atoms. The maximum Gasteiger partial charge on any atom is 0.337 e. The monoisotopic (exact) mass is 1030 g/mol. The van der Waals surface area contributed by atoms with Gasteiger partial charge in [-0.1, -0.05) is 48.5 Å². The van der Waals surface area contributed by atoms with Crippen molar-refractivity contribution in [1.29, 1.82) is 0 Å². The van der Waals surface area contributed by atoms with Crippen LogP contribution in [0.4, 0.5) is 36.2 Å². The lowest BCUT2D eigenvalue weighted by Gasteiger charge is -2.13. The molecule has 5 aromatic carbocycles. The van der Waals surface area contributed by atoms with Crippen LogP contribution >= 0.6 is 0 Å². The molecular formula is C54H53F3N10O8. The molecule has 0 saturated heterocycles. The number of carbonyl (C=O) groups is 3. The van der Waals surface area contributed by atoms with E-state index in [1.165, 1.54) is 54.6 Å². The first-order valence-corrected chi connectivity index (χ1v) is 22.7. The van der Waals surface area contributed by atoms with E-state index < -0.39 is 53.6 Å². The van der Waals surface area contributed by atoms with Gasteiger partial charge in [0, 0.05) is 49.0 Å². The van der Waals surface area contributed by atoms with Gasteiger partial charge in [0.1, 0.15) is 52.0 Å². The molecule has 21 heteroatoms. The predicted octanol–water partition coefficient (Wildman–Crippen LogP) is 7.95. The average Bonchev–Trinajstić information content (AvgIpc) is 3.86. The molecule has 18 nitrogen and oxygen atoms in total. The lowest BCUT2D eigenvalue weighted by molar-refractivity contribution is -0.147. The van der Waals surface area contributed by atoms with Crippen molar-refractivity contribution in [3.63, 3.8) is 0 Å². The Hall–Kier alpha value is -9.18. The number of carbonyl (C=O) groups excluding carboxylic acids is 1. The summed E-state index contributed by atoms with van der Waals surface area (Å²) in [4.78, 5) is 50.4. The van der Waals surface area contributed by atoms with E-state index in [0.29, 0.717) is 29.0 Å². The molecule has 0 aliphatic heterocycles. The highest BCUT2D eigenvalue weighted by Gasteiger charge is 2.21. The molecule has 4 aromatic heterocycles. The Morgan fingerprint density at radius 3 is 1.28 bits per heavy atom. The van der Waals surface area contributed by atoms with E-state index in [0.717, 1.165) is 79.3 Å². The van der Waals surface area contributed by atoms with Crippen molar-refractivity contribution in [3.05, 3.63) is 179 Å². The summed E-state index contributed by atoms with van der Waals surface area (Å²) >= 11 is 0. The standard InChI is InChI=1S/C23H22FN5O2.C15H17N5.2C8H7FO3/c1-12-9-16(28-23(31)20(30)14-5-4-6-15(24)10-14)7-8-17(12)18-11-29(3)22-19(18)21(25)26-13(2)27-22;1-8-6-10(16)4-5-11(8)12-7-20(3)15-13(12)14(17)18-9(2)19-15;2*9-6-3-1-2-5(4-6)7(10)8(11)12/h4-11,20,30H,1-3H3,(H,28,31)(H2,25,26,27);4-7H,16H2,1-3H3,(H2,17,18,19);2*1-4,7,10H,(H,11,12)/t;;7-;/m..1./s1. The fraction of sp³-hybridized carbons (Fsp3) is 0.167. The SMILES string of the molecule is Cc1nc(N)c2c(-c3ccc(N)cc3C)cn(C)c2n1.Cc1nc(N)c2c(-c3ccc(NC(=O)C(O)c4cccc(F)c4)cc3C)cn(C)c2n1.O=C(O)C(O)c1cccc(F)c1.O=C(O)[C@H](O)c1cccc(F)c1. The number of aliphatic carboxylic acids is 2. The van der Waals surface area contributed by atoms with Crippen LogP contribution in [0, 0.1) is 45.1 Å². The Morgan fingerprint density at radius 1 is 0.520 bits per heavy atom. The Bertz CT molecular complexity index is 3530. The van der Waals surface area contributed by atoms with Gasteiger partial charge in [-0.3, -0.25) is 4.79 Å². The highest BCUT2D eigenvalue weighted by Crippen LogP contribution is 2.37. The zero-order valence-electron chi connectivity index (χ0n) is 41.3. The number of anilines is 4. The van der Waals surface area contributed by atoms with Gasteiger partial charge in [0.05, 0.1) is 10.8 Å². The van der Waals surface area contributed by atoms with Gasteiger partial charge in [-0.05, 0) is 127 Å². The van der Waals surface area contributed by atoms with Gasteiger partial charge in [0.25, 0.3) is 5.91 Å². The molecular weight excluding hydrogens is 974 g/mol. The van der Waals surface area contributed by atoms with Crippen LogP contribution in [-0.4, -0.2) is 72.4 Å². The number of hydrogen-bond donors (Lipinski definition) is 9. The maximum atomic E-state index is 13.4. The summed E-state index contributed by atoms with van der Waals surface area (Å²) in [5, 5.41) is 49.2. The highest BCUT2D eigenvalue weighted by atomic mass is 19.1. The molecule has 12 N–H and O–H groups in total. The average molecular weight is 1030 g/mol. The Balaban J connectivity index is 0.000000178. The number of nitrogens with two attached hydrogens (primary N) is 3. The summed E-state index contributed by atoms with van der Waals surface area (Å²) < 4.78 is 42.2. The van der Waals surface area contributed by atoms with Gasteiger partial charge in [0.15, 0.2) is 18.3 Å². The molecule has 9 rings (SSSR count). The number of aromatic nitrogens is 6. The van der Waals surface area contributed by atoms with E-state index in [-0.39, 0.29) is 16.7 Å². The predicted molar refractivity (Wildman–Crippen MR) is 278 cm³/mol. The van der Waals surface area contributed by atoms with Crippen molar-refractivity contribution in [2.75, 3.05) is 22.5 Å². The number of aliphatic hydroxyl groups excluding tert-OH is 3. The number of carboxylic acids is 2. The minimum Gasteiger partial charge on any atom is -0.479 e. The number of hydrogen-bond acceptors (Lipinski definition) is 13. The lowest BCUT2D eigenvalue weighted by atomic mass is 10.00. The van der Waals surface area contributed by atoms with E-state index >= 15 is 0 Å². The summed E-state index contributed by atoms with van der Waals surface area (Å²) in [7, 11) is 3.86. The molecule has 4 heterocycles. The largest absolute Gasteiger partial charge is 0.479 e. The van der Waals surface area contributed by atoms with E-state index in [9.17, 15) is 32.7 Å². The van der Waals surface area contributed by atoms with Crippen LogP contribution in [0.1, 0.15) is 57.8 Å². The second-order valence-electron chi connectivity index (χ2n) is 17.2. The number of carboxylic acid groups (broad SMARTS) is 2. The number of rotatable bonds is 9. The van der Waals surface area contributed by atoms with Gasteiger partial charge in [-0.2, -0.15) is 0 Å². The van der Waals surface area contributed by atoms with E-state index in [2.05, 4.69) is 25.3 Å². The van der Waals surface area contributed by atoms with Gasteiger partial charge in [0.2, 0.25) is 0 Å². The van der Waals surface area contributed by atoms with Crippen LogP contribution in [0.25, 0.3) is 44.3 Å². The number of amides is 1. The minimum atomic E-state index is -1.65. The third kappa shape index (κ3) is 13.3. The van der Waals surface area contributed by atoms with Crippen molar-refractivity contribution < 1.29 is 53.1 Å². The van der Waals surface area contributed by atoms with Crippen LogP contribution in [-0.2, 0) is 28.5 Å². The van der Waals surface area contributed by atoms with Crippen LogP contribution < -0.4 is 22.5 Å². The zero-order chi connectivity index (χ0) is 55.0. The smallest absolute Gasteiger partial charge is 0.337 e. The summed E-state index contributed by atoms with van der Waals surface area (Å²) in [5.41, 5.74) is 27.2. The number of nitrogen functional groups attached to an aromatic ring is 3. The first-order valence-electron chi connectivity index (χ1n) is 22.7. The first-order chi connectivity index (χ1) is 35.4. The molecule has 0 bridgehead atoms. The number of aliphatic hydroxyl groups is 3. The highest BCUT2D eigenvalue weighted by molar-refractivity contribution is 6.03. The summed E-state index contributed by atoms with van der Waals surface area (Å²) in [6.07, 6.45) is -0.799. The summed E-state index contributed by atoms with van der Waals surface area (Å²) in [5.74, 6) is -2.86. The van der Waals surface area contributed by atoms with Crippen molar-refractivity contribution in [2.45, 2.75) is 46.0 Å². The van der Waals surface area contributed by atoms with Gasteiger partial charge >= 0.3 is 11.9 Å². The number of nitrogens with zero attached hydrogens (tertiary/aromatic N) is 6. The second kappa shape index (κ2) is 23.6. The molecule has 1 amide bonds. The fourth-order valence-electron chi connectivity index (χ4n) is 7.94. The zero-order valence-corrected chi connectivity index (χ0v) is 41.3. The third-order valence-electron chi connectivity index (χ3n) is 11.4. The number of benzene rings is 5. The Labute approximate surface area is 427 Å². The molecule has 0 aliphatic rings. The second-order valence-corrected chi connectivity index (χ2v) is 17.2. The quantitative estimate of drug-likeness (QED) is 0.0620. The van der Waals surface area contributed by atoms with E-state index in [1.54, 1.807) is 19.1 Å². The minimum absolute atomic E-state index is 0.0440. The Morgan fingerprint density at radius 2 is 0.907 bits per heavy atom. The topological polar surface area (TPSA) is 304 Å². The number of aryl methyl sites for hydroxylation is 6. The van der Waals surface area contributed by atoms with E-state index in [4.69, 9.17) is 37.6 Å². The molecule has 388 valence electrons. The van der Waals surface area contributed by atoms with Crippen LogP contribution in [0.15, 0.2) is 122 Å². The number of halogens is 3. The molecule has 0 spiro atoms. The lowest BCUT2D eigenvalue weighted by Crippen LogP contribution is -2.21. The Kier molecular flexibility index (Phi) is 17.3. The first kappa shape index (κ1) is 55.1. The van der Waals surface area contributed by atoms with Crippen molar-refractivity contribution >= 4 is 62.9 Å². The normalized spacial score (nSPS) is 12.0. The number of nitrogens with one attached hydrogen (secondary N) is 1. The fourth-order valence-corrected chi connectivity index (χ4v) is 7.94. The molecule has 0 aliphatic carbocycles. The van der Waals surface area contributed by atoms with Crippen LogP contribution in [0.5, 0.6) is 0 Å². The van der Waals surface area contributed by atoms with Crippen molar-refractivity contribution in [3.8, 4) is 22.3 Å².